The van der Waals surface area contributed by atoms with Crippen molar-refractivity contribution in [1.82, 2.24) is 0 Å². The van der Waals surface area contributed by atoms with Crippen molar-refractivity contribution in [2.45, 2.75) is 19.8 Å². The molecule has 0 saturated heterocycles. The van der Waals surface area contributed by atoms with Crippen LogP contribution in [0.1, 0.15) is 30.1 Å². The summed E-state index contributed by atoms with van der Waals surface area (Å²) >= 11 is 0. The largest absolute Gasteiger partial charge is 0.481 e. The zero-order valence-electron chi connectivity index (χ0n) is 10.3. The number of amides is 1. The molecule has 0 unspecified atom stereocenters. The molecule has 0 atom stereocenters. The van der Waals surface area contributed by atoms with E-state index in [2.05, 4.69) is 0 Å². The van der Waals surface area contributed by atoms with Crippen LogP contribution in [-0.4, -0.2) is 25.1 Å². The monoisotopic (exact) mass is 251 g/mol. The van der Waals surface area contributed by atoms with Gasteiger partial charge in [0.1, 0.15) is 5.75 Å². The van der Waals surface area contributed by atoms with Crippen molar-refractivity contribution in [3.05, 3.63) is 29.8 Å². The molecule has 0 aromatic heterocycles. The summed E-state index contributed by atoms with van der Waals surface area (Å²) < 4.78 is 10.1. The van der Waals surface area contributed by atoms with E-state index < -0.39 is 11.9 Å². The molecule has 5 heteroatoms. The lowest BCUT2D eigenvalue weighted by atomic mass is 10.2. The molecule has 1 amide bonds. The molecule has 0 spiro atoms. The molecule has 0 saturated carbocycles. The predicted molar refractivity (Wildman–Crippen MR) is 66.3 cm³/mol. The van der Waals surface area contributed by atoms with E-state index in [0.717, 1.165) is 12.8 Å². The van der Waals surface area contributed by atoms with Crippen LogP contribution in [0.15, 0.2) is 24.3 Å². The first kappa shape index (κ1) is 14.0. The lowest BCUT2D eigenvalue weighted by Crippen LogP contribution is -2.18. The molecule has 1 rings (SSSR count). The lowest BCUT2D eigenvalue weighted by molar-refractivity contribution is -0.146. The van der Waals surface area contributed by atoms with Crippen LogP contribution in [0.3, 0.4) is 0 Å². The number of hydrogen-bond acceptors (Lipinski definition) is 4. The van der Waals surface area contributed by atoms with Gasteiger partial charge in [-0.2, -0.15) is 0 Å². The second-order valence-corrected chi connectivity index (χ2v) is 3.72. The topological polar surface area (TPSA) is 78.6 Å². The van der Waals surface area contributed by atoms with Gasteiger partial charge >= 0.3 is 5.97 Å². The molecular weight excluding hydrogens is 234 g/mol. The molecule has 2 N–H and O–H groups in total. The Morgan fingerprint density at radius 3 is 2.67 bits per heavy atom. The fraction of sp³-hybridized carbons (Fsp3) is 0.385. The minimum absolute atomic E-state index is 0.228. The second kappa shape index (κ2) is 7.32. The maximum Gasteiger partial charge on any atom is 0.344 e. The van der Waals surface area contributed by atoms with Gasteiger partial charge in [-0.15, -0.1) is 0 Å². The van der Waals surface area contributed by atoms with Gasteiger partial charge in [-0.3, -0.25) is 4.79 Å². The average molecular weight is 251 g/mol. The smallest absolute Gasteiger partial charge is 0.344 e. The van der Waals surface area contributed by atoms with Gasteiger partial charge in [-0.05, 0) is 18.6 Å². The number of para-hydroxylation sites is 1. The van der Waals surface area contributed by atoms with Crippen molar-refractivity contribution in [2.75, 3.05) is 13.2 Å². The summed E-state index contributed by atoms with van der Waals surface area (Å²) in [5, 5.41) is 0. The van der Waals surface area contributed by atoms with Crippen LogP contribution in [-0.2, 0) is 9.53 Å². The third kappa shape index (κ3) is 4.45. The number of esters is 1. The van der Waals surface area contributed by atoms with Crippen LogP contribution in [0, 0.1) is 0 Å². The van der Waals surface area contributed by atoms with Crippen LogP contribution in [0.2, 0.25) is 0 Å². The van der Waals surface area contributed by atoms with Crippen molar-refractivity contribution in [2.24, 2.45) is 5.73 Å². The molecule has 98 valence electrons. The van der Waals surface area contributed by atoms with Crippen molar-refractivity contribution in [1.29, 1.82) is 0 Å². The highest BCUT2D eigenvalue weighted by atomic mass is 16.6. The molecule has 1 aromatic rings. The number of carbonyl (C=O) groups excluding carboxylic acids is 2. The van der Waals surface area contributed by atoms with Gasteiger partial charge in [0.2, 0.25) is 0 Å². The predicted octanol–water partition coefficient (Wildman–Crippen LogP) is 1.51. The molecular formula is C13H17NO4. The van der Waals surface area contributed by atoms with Crippen molar-refractivity contribution in [3.8, 4) is 5.75 Å². The first-order valence-electron chi connectivity index (χ1n) is 5.82. The maximum atomic E-state index is 11.3. The summed E-state index contributed by atoms with van der Waals surface area (Å²) in [5.41, 5.74) is 5.43. The molecule has 0 heterocycles. The summed E-state index contributed by atoms with van der Waals surface area (Å²) in [4.78, 5) is 22.4. The molecule has 0 bridgehead atoms. The SMILES string of the molecule is CCCCOC(=O)COc1ccccc1C(N)=O. The van der Waals surface area contributed by atoms with Crippen LogP contribution >= 0.6 is 0 Å². The third-order valence-electron chi connectivity index (χ3n) is 2.26. The number of benzene rings is 1. The Kier molecular flexibility index (Phi) is 5.70. The van der Waals surface area contributed by atoms with Gasteiger partial charge < -0.3 is 15.2 Å². The molecule has 5 nitrogen and oxygen atoms in total. The van der Waals surface area contributed by atoms with E-state index >= 15 is 0 Å². The van der Waals surface area contributed by atoms with Gasteiger partial charge in [-0.1, -0.05) is 25.5 Å². The summed E-state index contributed by atoms with van der Waals surface area (Å²) in [5.74, 6) is -0.759. The van der Waals surface area contributed by atoms with Crippen LogP contribution in [0.5, 0.6) is 5.75 Å². The Morgan fingerprint density at radius 2 is 2.00 bits per heavy atom. The van der Waals surface area contributed by atoms with E-state index in [4.69, 9.17) is 15.2 Å². The van der Waals surface area contributed by atoms with Crippen LogP contribution < -0.4 is 10.5 Å². The Morgan fingerprint density at radius 1 is 1.28 bits per heavy atom. The van der Waals surface area contributed by atoms with Crippen molar-refractivity contribution >= 4 is 11.9 Å². The van der Waals surface area contributed by atoms with Crippen molar-refractivity contribution in [3.63, 3.8) is 0 Å². The molecule has 18 heavy (non-hydrogen) atoms. The standard InChI is InChI=1S/C13H17NO4/c1-2-3-8-17-12(15)9-18-11-7-5-4-6-10(11)13(14)16/h4-7H,2-3,8-9H2,1H3,(H2,14,16). The third-order valence-corrected chi connectivity index (χ3v) is 2.26. The summed E-state index contributed by atoms with van der Waals surface area (Å²) in [6.45, 7) is 2.16. The number of nitrogens with two attached hydrogens (primary N) is 1. The molecule has 0 aliphatic carbocycles. The minimum atomic E-state index is -0.593. The number of ether oxygens (including phenoxy) is 2. The van der Waals surface area contributed by atoms with E-state index in [0.29, 0.717) is 6.61 Å². The highest BCUT2D eigenvalue weighted by molar-refractivity contribution is 5.95. The number of hydrogen-bond donors (Lipinski definition) is 1. The summed E-state index contributed by atoms with van der Waals surface area (Å²) in [6.07, 6.45) is 1.78. The van der Waals surface area contributed by atoms with Crippen LogP contribution in [0.25, 0.3) is 0 Å². The van der Waals surface area contributed by atoms with Gasteiger partial charge in [0, 0.05) is 0 Å². The molecule has 0 fully saturated rings. The number of rotatable bonds is 7. The first-order valence-corrected chi connectivity index (χ1v) is 5.82. The van der Waals surface area contributed by atoms with Gasteiger partial charge in [-0.25, -0.2) is 4.79 Å². The lowest BCUT2D eigenvalue weighted by Gasteiger charge is -2.09. The second-order valence-electron chi connectivity index (χ2n) is 3.72. The molecule has 0 aliphatic rings. The Bertz CT molecular complexity index is 417. The van der Waals surface area contributed by atoms with Crippen LogP contribution in [0.4, 0.5) is 0 Å². The zero-order valence-corrected chi connectivity index (χ0v) is 10.3. The Hall–Kier alpha value is -2.04. The average Bonchev–Trinajstić information content (AvgIpc) is 2.37. The number of primary amides is 1. The number of carbonyl (C=O) groups is 2. The minimum Gasteiger partial charge on any atom is -0.481 e. The summed E-state index contributed by atoms with van der Waals surface area (Å²) in [7, 11) is 0. The Labute approximate surface area is 106 Å². The van der Waals surface area contributed by atoms with E-state index in [1.807, 2.05) is 6.92 Å². The Balaban J connectivity index is 2.48. The van der Waals surface area contributed by atoms with Gasteiger partial charge in [0.05, 0.1) is 12.2 Å². The van der Waals surface area contributed by atoms with E-state index in [1.54, 1.807) is 24.3 Å². The summed E-state index contributed by atoms with van der Waals surface area (Å²) in [6, 6.07) is 6.50. The maximum absolute atomic E-state index is 11.3. The normalized spacial score (nSPS) is 9.83. The molecule has 0 aliphatic heterocycles. The molecule has 1 aromatic carbocycles. The fourth-order valence-electron chi connectivity index (χ4n) is 1.30. The van der Waals surface area contributed by atoms with Gasteiger partial charge in [0.25, 0.3) is 5.91 Å². The first-order chi connectivity index (χ1) is 8.65. The zero-order chi connectivity index (χ0) is 13.4. The van der Waals surface area contributed by atoms with Gasteiger partial charge in [0.15, 0.2) is 6.61 Å². The molecule has 0 radical (unpaired) electrons. The quantitative estimate of drug-likeness (QED) is 0.588. The number of unbranched alkanes of at least 4 members (excludes halogenated alkanes) is 1. The van der Waals surface area contributed by atoms with E-state index in [1.165, 1.54) is 0 Å². The highest BCUT2D eigenvalue weighted by Crippen LogP contribution is 2.16. The van der Waals surface area contributed by atoms with E-state index in [-0.39, 0.29) is 17.9 Å². The van der Waals surface area contributed by atoms with Crippen molar-refractivity contribution < 1.29 is 19.1 Å². The highest BCUT2D eigenvalue weighted by Gasteiger charge is 2.10. The fourth-order valence-corrected chi connectivity index (χ4v) is 1.30. The van der Waals surface area contributed by atoms with E-state index in [9.17, 15) is 9.59 Å².